The lowest BCUT2D eigenvalue weighted by Gasteiger charge is -2.09. The highest BCUT2D eigenvalue weighted by molar-refractivity contribution is 5.48. The van der Waals surface area contributed by atoms with Gasteiger partial charge in [0.25, 0.3) is 0 Å². The lowest BCUT2D eigenvalue weighted by Crippen LogP contribution is -2.08. The zero-order valence-electron chi connectivity index (χ0n) is 12.7. The number of rotatable bonds is 8. The largest absolute Gasteiger partial charge is 0.492 e. The van der Waals surface area contributed by atoms with Crippen LogP contribution in [0, 0.1) is 0 Å². The molecule has 0 unspecified atom stereocenters. The minimum atomic E-state index is -0.0838. The standard InChI is InChI=1S/C17H19N3O3/c21-13-17-6-5-16(23-17)12-18-14-3-1-4-15(11-14)22-10-9-20-8-2-7-19-20/h1-8,11,18,21H,9-10,12-13H2. The number of benzene rings is 1. The number of hydrogen-bond donors (Lipinski definition) is 2. The third-order valence-electron chi connectivity index (χ3n) is 3.32. The van der Waals surface area contributed by atoms with Crippen LogP contribution in [0.2, 0.25) is 0 Å². The summed E-state index contributed by atoms with van der Waals surface area (Å²) in [5.41, 5.74) is 0.948. The van der Waals surface area contributed by atoms with Crippen molar-refractivity contribution in [2.24, 2.45) is 0 Å². The Morgan fingerprint density at radius 2 is 2.09 bits per heavy atom. The van der Waals surface area contributed by atoms with Crippen molar-refractivity contribution in [1.82, 2.24) is 9.78 Å². The van der Waals surface area contributed by atoms with Crippen LogP contribution in [-0.2, 0) is 19.7 Å². The molecule has 0 radical (unpaired) electrons. The first-order valence-electron chi connectivity index (χ1n) is 7.46. The number of aliphatic hydroxyl groups is 1. The Labute approximate surface area is 134 Å². The van der Waals surface area contributed by atoms with Gasteiger partial charge >= 0.3 is 0 Å². The topological polar surface area (TPSA) is 72.4 Å². The highest BCUT2D eigenvalue weighted by Gasteiger charge is 2.02. The molecule has 0 amide bonds. The van der Waals surface area contributed by atoms with E-state index in [-0.39, 0.29) is 6.61 Å². The van der Waals surface area contributed by atoms with Gasteiger partial charge in [-0.1, -0.05) is 6.07 Å². The molecule has 0 aliphatic rings. The van der Waals surface area contributed by atoms with Crippen LogP contribution in [0.25, 0.3) is 0 Å². The van der Waals surface area contributed by atoms with Gasteiger partial charge in [-0.3, -0.25) is 4.68 Å². The Bertz CT molecular complexity index is 722. The summed E-state index contributed by atoms with van der Waals surface area (Å²) in [7, 11) is 0. The minimum Gasteiger partial charge on any atom is -0.492 e. The number of aromatic nitrogens is 2. The van der Waals surface area contributed by atoms with Gasteiger partial charge in [-0.05, 0) is 30.3 Å². The average molecular weight is 313 g/mol. The molecule has 0 atom stereocenters. The fourth-order valence-electron chi connectivity index (χ4n) is 2.18. The molecule has 6 heteroatoms. The Kier molecular flexibility index (Phi) is 4.95. The third-order valence-corrected chi connectivity index (χ3v) is 3.32. The second-order valence-corrected chi connectivity index (χ2v) is 5.03. The fourth-order valence-corrected chi connectivity index (χ4v) is 2.18. The maximum absolute atomic E-state index is 8.99. The van der Waals surface area contributed by atoms with E-state index in [1.165, 1.54) is 0 Å². The van der Waals surface area contributed by atoms with Crippen molar-refractivity contribution in [2.45, 2.75) is 19.7 Å². The molecule has 2 heterocycles. The zero-order valence-corrected chi connectivity index (χ0v) is 12.7. The van der Waals surface area contributed by atoms with Gasteiger partial charge in [0, 0.05) is 24.1 Å². The molecule has 23 heavy (non-hydrogen) atoms. The normalized spacial score (nSPS) is 10.7. The van der Waals surface area contributed by atoms with Crippen LogP contribution < -0.4 is 10.1 Å². The van der Waals surface area contributed by atoms with Crippen LogP contribution in [-0.4, -0.2) is 21.5 Å². The van der Waals surface area contributed by atoms with Crippen LogP contribution in [0.4, 0.5) is 5.69 Å². The van der Waals surface area contributed by atoms with Crippen LogP contribution >= 0.6 is 0 Å². The quantitative estimate of drug-likeness (QED) is 0.669. The number of hydrogen-bond acceptors (Lipinski definition) is 5. The number of anilines is 1. The molecule has 3 rings (SSSR count). The summed E-state index contributed by atoms with van der Waals surface area (Å²) in [6.45, 7) is 1.74. The van der Waals surface area contributed by atoms with Gasteiger partial charge in [0.1, 0.15) is 30.5 Å². The molecule has 0 aliphatic heterocycles. The van der Waals surface area contributed by atoms with E-state index in [4.69, 9.17) is 14.3 Å². The van der Waals surface area contributed by atoms with Gasteiger partial charge in [0.15, 0.2) is 0 Å². The van der Waals surface area contributed by atoms with Crippen molar-refractivity contribution in [3.63, 3.8) is 0 Å². The first-order chi connectivity index (χ1) is 11.3. The number of nitrogens with one attached hydrogen (secondary N) is 1. The van der Waals surface area contributed by atoms with Crippen molar-refractivity contribution in [3.8, 4) is 5.75 Å². The second-order valence-electron chi connectivity index (χ2n) is 5.03. The van der Waals surface area contributed by atoms with Crippen LogP contribution in [0.3, 0.4) is 0 Å². The van der Waals surface area contributed by atoms with Crippen molar-refractivity contribution in [1.29, 1.82) is 0 Å². The number of ether oxygens (including phenoxy) is 1. The Hall–Kier alpha value is -2.73. The molecular weight excluding hydrogens is 294 g/mol. The Morgan fingerprint density at radius 1 is 1.17 bits per heavy atom. The monoisotopic (exact) mass is 313 g/mol. The highest BCUT2D eigenvalue weighted by atomic mass is 16.5. The van der Waals surface area contributed by atoms with Gasteiger partial charge in [0.2, 0.25) is 0 Å². The summed E-state index contributed by atoms with van der Waals surface area (Å²) in [6, 6.07) is 13.3. The molecule has 1 aromatic carbocycles. The Balaban J connectivity index is 1.50. The molecule has 0 saturated heterocycles. The van der Waals surface area contributed by atoms with Crippen molar-refractivity contribution in [3.05, 3.63) is 66.4 Å². The highest BCUT2D eigenvalue weighted by Crippen LogP contribution is 2.18. The maximum Gasteiger partial charge on any atom is 0.129 e. The van der Waals surface area contributed by atoms with E-state index in [0.29, 0.717) is 25.5 Å². The summed E-state index contributed by atoms with van der Waals surface area (Å²) >= 11 is 0. The maximum atomic E-state index is 8.99. The average Bonchev–Trinajstić information content (AvgIpc) is 3.25. The zero-order chi connectivity index (χ0) is 15.9. The fraction of sp³-hybridized carbons (Fsp3) is 0.235. The van der Waals surface area contributed by atoms with Gasteiger partial charge in [-0.2, -0.15) is 5.10 Å². The van der Waals surface area contributed by atoms with Crippen molar-refractivity contribution in [2.75, 3.05) is 11.9 Å². The first kappa shape index (κ1) is 15.2. The predicted octanol–water partition coefficient (Wildman–Crippen LogP) is 2.66. The van der Waals surface area contributed by atoms with Crippen LogP contribution in [0.5, 0.6) is 5.75 Å². The molecule has 3 aromatic rings. The molecule has 0 aliphatic carbocycles. The lowest BCUT2D eigenvalue weighted by atomic mass is 10.3. The molecule has 0 saturated carbocycles. The van der Waals surface area contributed by atoms with E-state index < -0.39 is 0 Å². The van der Waals surface area contributed by atoms with E-state index in [2.05, 4.69) is 10.4 Å². The first-order valence-corrected chi connectivity index (χ1v) is 7.46. The molecule has 6 nitrogen and oxygen atoms in total. The Morgan fingerprint density at radius 3 is 2.87 bits per heavy atom. The molecule has 2 aromatic heterocycles. The minimum absolute atomic E-state index is 0.0838. The van der Waals surface area contributed by atoms with Crippen LogP contribution in [0.15, 0.2) is 59.3 Å². The van der Waals surface area contributed by atoms with Gasteiger partial charge in [0.05, 0.1) is 13.1 Å². The molecule has 2 N–H and O–H groups in total. The van der Waals surface area contributed by atoms with Crippen molar-refractivity contribution < 1.29 is 14.3 Å². The predicted molar refractivity (Wildman–Crippen MR) is 86.1 cm³/mol. The lowest BCUT2D eigenvalue weighted by molar-refractivity contribution is 0.244. The van der Waals surface area contributed by atoms with Crippen LogP contribution in [0.1, 0.15) is 11.5 Å². The van der Waals surface area contributed by atoms with E-state index in [1.807, 2.05) is 47.3 Å². The van der Waals surface area contributed by atoms with E-state index in [1.54, 1.807) is 12.3 Å². The second kappa shape index (κ2) is 7.51. The van der Waals surface area contributed by atoms with E-state index in [9.17, 15) is 0 Å². The molecule has 0 bridgehead atoms. The number of nitrogens with zero attached hydrogens (tertiary/aromatic N) is 2. The molecule has 0 spiro atoms. The van der Waals surface area contributed by atoms with E-state index >= 15 is 0 Å². The van der Waals surface area contributed by atoms with Gasteiger partial charge in [-0.25, -0.2) is 0 Å². The van der Waals surface area contributed by atoms with E-state index in [0.717, 1.165) is 17.2 Å². The van der Waals surface area contributed by atoms with Crippen molar-refractivity contribution >= 4 is 5.69 Å². The summed E-state index contributed by atoms with van der Waals surface area (Å²) < 4.78 is 13.0. The number of aliphatic hydroxyl groups excluding tert-OH is 1. The van der Waals surface area contributed by atoms with Gasteiger partial charge < -0.3 is 19.6 Å². The SMILES string of the molecule is OCc1ccc(CNc2cccc(OCCn3cccn3)c2)o1. The molecule has 120 valence electrons. The number of furan rings is 1. The summed E-state index contributed by atoms with van der Waals surface area (Å²) in [4.78, 5) is 0. The summed E-state index contributed by atoms with van der Waals surface area (Å²) in [5, 5.41) is 16.4. The smallest absolute Gasteiger partial charge is 0.129 e. The summed E-state index contributed by atoms with van der Waals surface area (Å²) in [5.74, 6) is 2.15. The van der Waals surface area contributed by atoms with Gasteiger partial charge in [-0.15, -0.1) is 0 Å². The summed E-state index contributed by atoms with van der Waals surface area (Å²) in [6.07, 6.45) is 3.66. The molecule has 0 fully saturated rings. The third kappa shape index (κ3) is 4.37. The molecular formula is C17H19N3O3.